The number of amides is 3. The van der Waals surface area contributed by atoms with Crippen molar-refractivity contribution < 1.29 is 9.59 Å². The fourth-order valence-corrected chi connectivity index (χ4v) is 3.18. The van der Waals surface area contributed by atoms with Crippen LogP contribution in [0, 0.1) is 6.92 Å². The fourth-order valence-electron chi connectivity index (χ4n) is 3.18. The summed E-state index contributed by atoms with van der Waals surface area (Å²) in [6, 6.07) is 18.3. The summed E-state index contributed by atoms with van der Waals surface area (Å²) >= 11 is 0. The zero-order valence-electron chi connectivity index (χ0n) is 16.0. The molecule has 0 aliphatic rings. The summed E-state index contributed by atoms with van der Waals surface area (Å²) in [6.07, 6.45) is 1.43. The number of hydrogen-bond acceptors (Lipinski definition) is 4. The Labute approximate surface area is 167 Å². The van der Waals surface area contributed by atoms with Crippen molar-refractivity contribution >= 4 is 28.7 Å². The lowest BCUT2D eigenvalue weighted by molar-refractivity contribution is 0.0967. The normalized spacial score (nSPS) is 10.7. The van der Waals surface area contributed by atoms with Crippen LogP contribution >= 0.6 is 0 Å². The van der Waals surface area contributed by atoms with Gasteiger partial charge in [0.15, 0.2) is 5.65 Å². The van der Waals surface area contributed by atoms with Crippen LogP contribution in [0.25, 0.3) is 22.2 Å². The second kappa shape index (κ2) is 7.55. The van der Waals surface area contributed by atoms with Gasteiger partial charge in [-0.15, -0.1) is 0 Å². The summed E-state index contributed by atoms with van der Waals surface area (Å²) in [5.41, 5.74) is 4.35. The highest BCUT2D eigenvalue weighted by Crippen LogP contribution is 2.22. The van der Waals surface area contributed by atoms with Crippen LogP contribution in [-0.4, -0.2) is 26.7 Å². The van der Waals surface area contributed by atoms with Crippen molar-refractivity contribution in [1.29, 1.82) is 0 Å². The Morgan fingerprint density at radius 3 is 2.52 bits per heavy atom. The first-order valence-corrected chi connectivity index (χ1v) is 9.08. The summed E-state index contributed by atoms with van der Waals surface area (Å²) in [6.45, 7) is 1.85. The van der Waals surface area contributed by atoms with Crippen molar-refractivity contribution in [2.75, 3.05) is 5.32 Å². The Kier molecular flexibility index (Phi) is 4.78. The number of nitrogens with one attached hydrogen (secondary N) is 2. The summed E-state index contributed by atoms with van der Waals surface area (Å²) < 4.78 is 1.65. The maximum absolute atomic E-state index is 12.5. The van der Waals surface area contributed by atoms with Crippen molar-refractivity contribution in [2.24, 2.45) is 7.05 Å². The molecular formula is C22H19N5O2. The molecule has 0 radical (unpaired) electrons. The van der Waals surface area contributed by atoms with E-state index in [0.717, 1.165) is 22.2 Å². The van der Waals surface area contributed by atoms with Gasteiger partial charge in [0.2, 0.25) is 0 Å². The molecule has 2 aromatic carbocycles. The third kappa shape index (κ3) is 3.84. The van der Waals surface area contributed by atoms with Gasteiger partial charge < -0.3 is 5.32 Å². The summed E-state index contributed by atoms with van der Waals surface area (Å²) in [7, 11) is 1.79. The quantitative estimate of drug-likeness (QED) is 0.560. The number of urea groups is 1. The van der Waals surface area contributed by atoms with Crippen LogP contribution in [0.3, 0.4) is 0 Å². The van der Waals surface area contributed by atoms with Crippen LogP contribution in [-0.2, 0) is 7.05 Å². The van der Waals surface area contributed by atoms with E-state index in [-0.39, 0.29) is 0 Å². The summed E-state index contributed by atoms with van der Waals surface area (Å²) in [5, 5.41) is 10.1. The number of nitrogens with zero attached hydrogens (tertiary/aromatic N) is 3. The topological polar surface area (TPSA) is 88.9 Å². The Balaban J connectivity index is 1.47. The van der Waals surface area contributed by atoms with Gasteiger partial charge >= 0.3 is 6.03 Å². The van der Waals surface area contributed by atoms with Crippen LogP contribution in [0.2, 0.25) is 0 Å². The van der Waals surface area contributed by atoms with Crippen LogP contribution in [0.5, 0.6) is 0 Å². The number of fused-ring (bicyclic) bond motifs is 1. The van der Waals surface area contributed by atoms with E-state index in [2.05, 4.69) is 20.7 Å². The number of carbonyl (C=O) groups is 2. The first-order chi connectivity index (χ1) is 14.0. The standard InChI is InChI=1S/C22H19N5O2/c1-14-19-12-17(13-23-20(19)27(2)26-14)21(28)25-22(29)24-18-10-6-9-16(11-18)15-7-4-3-5-8-15/h3-13H,1-2H3,(H2,24,25,28,29). The van der Waals surface area contributed by atoms with Gasteiger partial charge in [-0.05, 0) is 36.2 Å². The van der Waals surface area contributed by atoms with Gasteiger partial charge in [-0.3, -0.25) is 14.8 Å². The molecule has 0 bridgehead atoms. The molecular weight excluding hydrogens is 366 g/mol. The van der Waals surface area contributed by atoms with Crippen molar-refractivity contribution in [3.8, 4) is 11.1 Å². The van der Waals surface area contributed by atoms with E-state index in [4.69, 9.17) is 0 Å². The maximum atomic E-state index is 12.5. The highest BCUT2D eigenvalue weighted by atomic mass is 16.2. The Hall–Kier alpha value is -4.00. The molecule has 0 atom stereocenters. The number of anilines is 1. The van der Waals surface area contributed by atoms with Gasteiger partial charge in [0.25, 0.3) is 5.91 Å². The zero-order chi connectivity index (χ0) is 20.4. The summed E-state index contributed by atoms with van der Waals surface area (Å²) in [5.74, 6) is -0.528. The fraction of sp³-hybridized carbons (Fsp3) is 0.0909. The minimum absolute atomic E-state index is 0.293. The van der Waals surface area contributed by atoms with Crippen molar-refractivity contribution in [1.82, 2.24) is 20.1 Å². The van der Waals surface area contributed by atoms with E-state index < -0.39 is 11.9 Å². The van der Waals surface area contributed by atoms with E-state index in [1.807, 2.05) is 55.5 Å². The molecule has 7 nitrogen and oxygen atoms in total. The molecule has 7 heteroatoms. The van der Waals surface area contributed by atoms with Crippen molar-refractivity contribution in [2.45, 2.75) is 6.92 Å². The van der Waals surface area contributed by atoms with Gasteiger partial charge in [0.05, 0.1) is 11.3 Å². The molecule has 0 saturated carbocycles. The predicted octanol–water partition coefficient (Wildman–Crippen LogP) is 3.91. The molecule has 4 rings (SSSR count). The second-order valence-electron chi connectivity index (χ2n) is 6.66. The maximum Gasteiger partial charge on any atom is 0.326 e. The van der Waals surface area contributed by atoms with E-state index in [1.54, 1.807) is 23.9 Å². The van der Waals surface area contributed by atoms with Crippen molar-refractivity contribution in [3.05, 3.63) is 78.1 Å². The molecule has 0 fully saturated rings. The molecule has 29 heavy (non-hydrogen) atoms. The first-order valence-electron chi connectivity index (χ1n) is 9.08. The van der Waals surface area contributed by atoms with E-state index >= 15 is 0 Å². The molecule has 0 aliphatic heterocycles. The zero-order valence-corrected chi connectivity index (χ0v) is 16.0. The third-order valence-electron chi connectivity index (χ3n) is 4.58. The second-order valence-corrected chi connectivity index (χ2v) is 6.66. The lowest BCUT2D eigenvalue weighted by Crippen LogP contribution is -2.34. The molecule has 144 valence electrons. The summed E-state index contributed by atoms with van der Waals surface area (Å²) in [4.78, 5) is 29.0. The smallest absolute Gasteiger partial charge is 0.308 e. The van der Waals surface area contributed by atoms with E-state index in [1.165, 1.54) is 6.20 Å². The molecule has 0 spiro atoms. The average Bonchev–Trinajstić information content (AvgIpc) is 3.02. The number of carbonyl (C=O) groups excluding carboxylic acids is 2. The molecule has 0 aliphatic carbocycles. The first kappa shape index (κ1) is 18.4. The monoisotopic (exact) mass is 385 g/mol. The lowest BCUT2D eigenvalue weighted by Gasteiger charge is -2.09. The Morgan fingerprint density at radius 2 is 1.72 bits per heavy atom. The van der Waals surface area contributed by atoms with Gasteiger partial charge in [-0.25, -0.2) is 9.78 Å². The third-order valence-corrected chi connectivity index (χ3v) is 4.58. The predicted molar refractivity (Wildman–Crippen MR) is 112 cm³/mol. The van der Waals surface area contributed by atoms with E-state index in [0.29, 0.717) is 16.9 Å². The van der Waals surface area contributed by atoms with Gasteiger partial charge in [0.1, 0.15) is 0 Å². The number of aromatic nitrogens is 3. The molecule has 2 heterocycles. The Morgan fingerprint density at radius 1 is 0.966 bits per heavy atom. The van der Waals surface area contributed by atoms with Gasteiger partial charge in [0, 0.05) is 24.3 Å². The number of aryl methyl sites for hydroxylation is 2. The lowest BCUT2D eigenvalue weighted by atomic mass is 10.1. The number of imide groups is 1. The highest BCUT2D eigenvalue weighted by molar-refractivity contribution is 6.08. The van der Waals surface area contributed by atoms with Crippen LogP contribution in [0.4, 0.5) is 10.5 Å². The molecule has 3 amide bonds. The van der Waals surface area contributed by atoms with Crippen molar-refractivity contribution in [3.63, 3.8) is 0 Å². The number of hydrogen-bond donors (Lipinski definition) is 2. The minimum atomic E-state index is -0.608. The molecule has 0 saturated heterocycles. The molecule has 2 aromatic heterocycles. The number of rotatable bonds is 3. The molecule has 4 aromatic rings. The molecule has 0 unspecified atom stereocenters. The van der Waals surface area contributed by atoms with Crippen LogP contribution in [0.15, 0.2) is 66.9 Å². The van der Waals surface area contributed by atoms with Crippen LogP contribution < -0.4 is 10.6 Å². The number of pyridine rings is 1. The van der Waals surface area contributed by atoms with Gasteiger partial charge in [-0.1, -0.05) is 42.5 Å². The average molecular weight is 385 g/mol. The van der Waals surface area contributed by atoms with Crippen LogP contribution in [0.1, 0.15) is 16.1 Å². The largest absolute Gasteiger partial charge is 0.326 e. The van der Waals surface area contributed by atoms with Gasteiger partial charge in [-0.2, -0.15) is 5.10 Å². The highest BCUT2D eigenvalue weighted by Gasteiger charge is 2.14. The van der Waals surface area contributed by atoms with E-state index in [9.17, 15) is 9.59 Å². The Bertz CT molecular complexity index is 1210. The molecule has 2 N–H and O–H groups in total. The minimum Gasteiger partial charge on any atom is -0.308 e. The number of benzene rings is 2. The SMILES string of the molecule is Cc1nn(C)c2ncc(C(=O)NC(=O)Nc3cccc(-c4ccccc4)c3)cc12.